The molecule has 2 bridgehead atoms. The quantitative estimate of drug-likeness (QED) is 0.913. The van der Waals surface area contributed by atoms with E-state index in [9.17, 15) is 4.79 Å². The monoisotopic (exact) mass is 274 g/mol. The predicted molar refractivity (Wildman–Crippen MR) is 77.6 cm³/mol. The molecule has 1 aromatic carbocycles. The van der Waals surface area contributed by atoms with Crippen LogP contribution in [0.25, 0.3) is 0 Å². The number of hydrogen-bond donors (Lipinski definition) is 1. The lowest BCUT2D eigenvalue weighted by Gasteiger charge is -2.43. The van der Waals surface area contributed by atoms with Gasteiger partial charge in [0.2, 0.25) is 0 Å². The molecule has 4 nitrogen and oxygen atoms in total. The SMILES string of the molecule is O=C(NCCc1ccccc1)OC1CN2CCC1CC2. The van der Waals surface area contributed by atoms with Crippen molar-refractivity contribution in [2.75, 3.05) is 26.2 Å². The second kappa shape index (κ2) is 6.27. The predicted octanol–water partition coefficient (Wildman–Crippen LogP) is 2.05. The number of benzene rings is 1. The van der Waals surface area contributed by atoms with Crippen LogP contribution in [0, 0.1) is 5.92 Å². The molecule has 1 N–H and O–H groups in total. The van der Waals surface area contributed by atoms with Crippen LogP contribution in [0.2, 0.25) is 0 Å². The van der Waals surface area contributed by atoms with Gasteiger partial charge in [-0.2, -0.15) is 0 Å². The van der Waals surface area contributed by atoms with Crippen LogP contribution in [-0.4, -0.2) is 43.3 Å². The molecule has 20 heavy (non-hydrogen) atoms. The zero-order valence-corrected chi connectivity index (χ0v) is 11.8. The Bertz CT molecular complexity index is 441. The summed E-state index contributed by atoms with van der Waals surface area (Å²) in [5, 5.41) is 2.86. The van der Waals surface area contributed by atoms with Gasteiger partial charge in [-0.3, -0.25) is 4.90 Å². The van der Waals surface area contributed by atoms with E-state index in [0.717, 1.165) is 13.0 Å². The summed E-state index contributed by atoms with van der Waals surface area (Å²) in [6.07, 6.45) is 3.01. The average Bonchev–Trinajstić information content (AvgIpc) is 2.49. The van der Waals surface area contributed by atoms with Crippen molar-refractivity contribution in [3.63, 3.8) is 0 Å². The Morgan fingerprint density at radius 2 is 2.00 bits per heavy atom. The second-order valence-electron chi connectivity index (χ2n) is 5.74. The van der Waals surface area contributed by atoms with E-state index in [2.05, 4.69) is 22.3 Å². The van der Waals surface area contributed by atoms with Crippen molar-refractivity contribution in [1.82, 2.24) is 10.2 Å². The molecule has 1 atom stereocenters. The minimum absolute atomic E-state index is 0.0919. The average molecular weight is 274 g/mol. The van der Waals surface area contributed by atoms with Crippen molar-refractivity contribution in [1.29, 1.82) is 0 Å². The fourth-order valence-corrected chi connectivity index (χ4v) is 3.18. The molecule has 1 unspecified atom stereocenters. The van der Waals surface area contributed by atoms with Crippen LogP contribution in [0.4, 0.5) is 4.79 Å². The van der Waals surface area contributed by atoms with Crippen LogP contribution < -0.4 is 5.32 Å². The lowest BCUT2D eigenvalue weighted by Crippen LogP contribution is -2.52. The summed E-state index contributed by atoms with van der Waals surface area (Å²) < 4.78 is 5.57. The number of rotatable bonds is 4. The van der Waals surface area contributed by atoms with Crippen LogP contribution >= 0.6 is 0 Å². The van der Waals surface area contributed by atoms with Gasteiger partial charge in [0.15, 0.2) is 0 Å². The maximum Gasteiger partial charge on any atom is 0.407 e. The summed E-state index contributed by atoms with van der Waals surface area (Å²) in [7, 11) is 0. The molecule has 0 aliphatic carbocycles. The minimum Gasteiger partial charge on any atom is -0.445 e. The number of piperidine rings is 3. The first-order valence-electron chi connectivity index (χ1n) is 7.52. The molecule has 3 aliphatic heterocycles. The van der Waals surface area contributed by atoms with Crippen molar-refractivity contribution in [3.05, 3.63) is 35.9 Å². The van der Waals surface area contributed by atoms with Crippen LogP contribution in [0.1, 0.15) is 18.4 Å². The Balaban J connectivity index is 1.39. The molecule has 1 amide bonds. The Morgan fingerprint density at radius 1 is 1.25 bits per heavy atom. The number of nitrogens with zero attached hydrogens (tertiary/aromatic N) is 1. The maximum absolute atomic E-state index is 11.8. The second-order valence-corrected chi connectivity index (χ2v) is 5.74. The summed E-state index contributed by atoms with van der Waals surface area (Å²) in [5.41, 5.74) is 1.23. The molecule has 1 aromatic rings. The summed E-state index contributed by atoms with van der Waals surface area (Å²) in [6, 6.07) is 10.2. The van der Waals surface area contributed by atoms with Gasteiger partial charge in [-0.15, -0.1) is 0 Å². The molecule has 0 spiro atoms. The van der Waals surface area contributed by atoms with Gasteiger partial charge in [0, 0.05) is 13.1 Å². The van der Waals surface area contributed by atoms with Crippen molar-refractivity contribution >= 4 is 6.09 Å². The number of ether oxygens (including phenoxy) is 1. The molecular formula is C16H22N2O2. The molecule has 4 rings (SSSR count). The van der Waals surface area contributed by atoms with E-state index in [1.165, 1.54) is 31.5 Å². The highest BCUT2D eigenvalue weighted by atomic mass is 16.6. The van der Waals surface area contributed by atoms with Gasteiger partial charge < -0.3 is 10.1 Å². The topological polar surface area (TPSA) is 41.6 Å². The maximum atomic E-state index is 11.8. The number of amides is 1. The summed E-state index contributed by atoms with van der Waals surface area (Å²) in [5.74, 6) is 0.569. The largest absolute Gasteiger partial charge is 0.445 e. The first kappa shape index (κ1) is 13.4. The van der Waals surface area contributed by atoms with Crippen molar-refractivity contribution in [3.8, 4) is 0 Å². The van der Waals surface area contributed by atoms with Crippen LogP contribution in [-0.2, 0) is 11.2 Å². The van der Waals surface area contributed by atoms with Crippen LogP contribution in [0.15, 0.2) is 30.3 Å². The number of nitrogens with one attached hydrogen (secondary N) is 1. The molecule has 3 saturated heterocycles. The van der Waals surface area contributed by atoms with Gasteiger partial charge >= 0.3 is 6.09 Å². The summed E-state index contributed by atoms with van der Waals surface area (Å²) in [4.78, 5) is 14.2. The highest BCUT2D eigenvalue weighted by Crippen LogP contribution is 2.29. The van der Waals surface area contributed by atoms with Gasteiger partial charge in [-0.05, 0) is 43.8 Å². The minimum atomic E-state index is -0.264. The fraction of sp³-hybridized carbons (Fsp3) is 0.562. The molecule has 0 radical (unpaired) electrons. The zero-order chi connectivity index (χ0) is 13.8. The van der Waals surface area contributed by atoms with Crippen molar-refractivity contribution in [2.45, 2.75) is 25.4 Å². The lowest BCUT2D eigenvalue weighted by atomic mass is 9.86. The van der Waals surface area contributed by atoms with Gasteiger partial charge in [0.05, 0.1) is 0 Å². The van der Waals surface area contributed by atoms with E-state index < -0.39 is 0 Å². The highest BCUT2D eigenvalue weighted by Gasteiger charge is 2.36. The third kappa shape index (κ3) is 3.31. The molecular weight excluding hydrogens is 252 g/mol. The molecule has 0 saturated carbocycles. The first-order valence-corrected chi connectivity index (χ1v) is 7.52. The molecule has 3 heterocycles. The molecule has 3 fully saturated rings. The third-order valence-electron chi connectivity index (χ3n) is 4.38. The van der Waals surface area contributed by atoms with Gasteiger partial charge in [-0.1, -0.05) is 30.3 Å². The van der Waals surface area contributed by atoms with E-state index in [1.807, 2.05) is 18.2 Å². The number of fused-ring (bicyclic) bond motifs is 3. The van der Waals surface area contributed by atoms with Crippen LogP contribution in [0.3, 0.4) is 0 Å². The van der Waals surface area contributed by atoms with Gasteiger partial charge in [0.25, 0.3) is 0 Å². The van der Waals surface area contributed by atoms with Crippen LogP contribution in [0.5, 0.6) is 0 Å². The zero-order valence-electron chi connectivity index (χ0n) is 11.8. The van der Waals surface area contributed by atoms with E-state index in [4.69, 9.17) is 4.74 Å². The van der Waals surface area contributed by atoms with Crippen molar-refractivity contribution < 1.29 is 9.53 Å². The molecule has 108 valence electrons. The third-order valence-corrected chi connectivity index (χ3v) is 4.38. The lowest BCUT2D eigenvalue weighted by molar-refractivity contribution is -0.0330. The first-order chi connectivity index (χ1) is 9.81. The summed E-state index contributed by atoms with van der Waals surface area (Å²) >= 11 is 0. The number of carbonyl (C=O) groups is 1. The standard InChI is InChI=1S/C16H22N2O2/c19-16(17-9-6-13-4-2-1-3-5-13)20-15-12-18-10-7-14(15)8-11-18/h1-5,14-15H,6-12H2,(H,17,19). The van der Waals surface area contributed by atoms with E-state index >= 15 is 0 Å². The Kier molecular flexibility index (Phi) is 4.21. The highest BCUT2D eigenvalue weighted by molar-refractivity contribution is 5.67. The Hall–Kier alpha value is -1.55. The Morgan fingerprint density at radius 3 is 2.65 bits per heavy atom. The smallest absolute Gasteiger partial charge is 0.407 e. The molecule has 3 aliphatic rings. The number of hydrogen-bond acceptors (Lipinski definition) is 3. The molecule has 4 heteroatoms. The summed E-state index contributed by atoms with van der Waals surface area (Å²) in [6.45, 7) is 3.88. The normalized spacial score (nSPS) is 28.1. The number of alkyl carbamates (subject to hydrolysis) is 1. The van der Waals surface area contributed by atoms with Gasteiger partial charge in [0.1, 0.15) is 6.10 Å². The van der Waals surface area contributed by atoms with E-state index in [0.29, 0.717) is 12.5 Å². The van der Waals surface area contributed by atoms with E-state index in [1.54, 1.807) is 0 Å². The van der Waals surface area contributed by atoms with Gasteiger partial charge in [-0.25, -0.2) is 4.79 Å². The Labute approximate surface area is 120 Å². The van der Waals surface area contributed by atoms with Crippen molar-refractivity contribution in [2.24, 2.45) is 5.92 Å². The van der Waals surface area contributed by atoms with E-state index in [-0.39, 0.29) is 12.2 Å². The molecule has 0 aromatic heterocycles. The number of carbonyl (C=O) groups excluding carboxylic acids is 1. The fourth-order valence-electron chi connectivity index (χ4n) is 3.18.